The Morgan fingerprint density at radius 1 is 0.970 bits per heavy atom. The van der Waals surface area contributed by atoms with E-state index in [9.17, 15) is 13.6 Å². The molecule has 5 nitrogen and oxygen atoms in total. The number of hydrogen-bond acceptors (Lipinski definition) is 4. The van der Waals surface area contributed by atoms with E-state index < -0.39 is 17.7 Å². The first-order valence-electron chi connectivity index (χ1n) is 12.6. The molecule has 1 aromatic carbocycles. The van der Waals surface area contributed by atoms with Crippen LogP contribution in [0.15, 0.2) is 18.2 Å². The summed E-state index contributed by atoms with van der Waals surface area (Å²) in [7, 11) is 3.88. The molecule has 0 atom stereocenters. The zero-order valence-corrected chi connectivity index (χ0v) is 20.7. The summed E-state index contributed by atoms with van der Waals surface area (Å²) >= 11 is 0. The summed E-state index contributed by atoms with van der Waals surface area (Å²) in [6, 6.07) is 2.95. The maximum Gasteiger partial charge on any atom is 0.415 e. The Labute approximate surface area is 198 Å². The van der Waals surface area contributed by atoms with E-state index in [-0.39, 0.29) is 17.9 Å². The highest BCUT2D eigenvalue weighted by atomic mass is 19.1. The third kappa shape index (κ3) is 10.4. The van der Waals surface area contributed by atoms with E-state index in [0.29, 0.717) is 6.07 Å². The number of hydrogen-bond donors (Lipinski definition) is 0. The molecule has 0 spiro atoms. The van der Waals surface area contributed by atoms with Crippen molar-refractivity contribution >= 4 is 6.09 Å². The van der Waals surface area contributed by atoms with Gasteiger partial charge in [-0.05, 0) is 77.2 Å². The van der Waals surface area contributed by atoms with Crippen LogP contribution < -0.4 is 4.74 Å². The molecule has 0 heterocycles. The van der Waals surface area contributed by atoms with Crippen molar-refractivity contribution in [1.82, 2.24) is 9.80 Å². The summed E-state index contributed by atoms with van der Waals surface area (Å²) in [6.07, 6.45) is 11.7. The number of amides is 1. The molecule has 1 fully saturated rings. The first kappa shape index (κ1) is 27.5. The van der Waals surface area contributed by atoms with Crippen LogP contribution in [0.4, 0.5) is 13.6 Å². The van der Waals surface area contributed by atoms with Gasteiger partial charge >= 0.3 is 6.09 Å². The van der Waals surface area contributed by atoms with Gasteiger partial charge in [-0.15, -0.1) is 0 Å². The van der Waals surface area contributed by atoms with Crippen LogP contribution in [0.2, 0.25) is 0 Å². The number of ether oxygens (including phenoxy) is 2. The third-order valence-electron chi connectivity index (χ3n) is 6.50. The van der Waals surface area contributed by atoms with Crippen molar-refractivity contribution in [3.05, 3.63) is 29.8 Å². The first-order chi connectivity index (χ1) is 15.9. The maximum absolute atomic E-state index is 13.7. The Balaban J connectivity index is 1.54. The largest absolute Gasteiger partial charge is 0.415 e. The molecule has 1 aliphatic carbocycles. The van der Waals surface area contributed by atoms with E-state index in [0.717, 1.165) is 50.8 Å². The molecule has 1 aliphatic rings. The normalized spacial score (nSPS) is 18.5. The lowest BCUT2D eigenvalue weighted by molar-refractivity contribution is 0.0104. The van der Waals surface area contributed by atoms with Crippen LogP contribution >= 0.6 is 0 Å². The highest BCUT2D eigenvalue weighted by Crippen LogP contribution is 2.26. The molecule has 1 saturated carbocycles. The summed E-state index contributed by atoms with van der Waals surface area (Å²) in [5.74, 6) is -1.84. The van der Waals surface area contributed by atoms with Crippen molar-refractivity contribution in [2.75, 3.05) is 33.8 Å². The Morgan fingerprint density at radius 2 is 1.64 bits per heavy atom. The van der Waals surface area contributed by atoms with Crippen LogP contribution in [0, 0.1) is 11.6 Å². The molecule has 0 saturated heterocycles. The van der Waals surface area contributed by atoms with Gasteiger partial charge in [-0.1, -0.05) is 32.6 Å². The third-order valence-corrected chi connectivity index (χ3v) is 6.50. The van der Waals surface area contributed by atoms with Gasteiger partial charge < -0.3 is 19.3 Å². The van der Waals surface area contributed by atoms with Gasteiger partial charge in [0.15, 0.2) is 11.6 Å². The SMILES string of the molecule is CCCCCN(C)CCCCCCOC1CCC(N(C)C(=O)Oc2ccc(F)cc2F)CC1. The highest BCUT2D eigenvalue weighted by molar-refractivity contribution is 5.70. The fourth-order valence-corrected chi connectivity index (χ4v) is 4.30. The van der Waals surface area contributed by atoms with E-state index in [4.69, 9.17) is 9.47 Å². The number of nitrogens with zero attached hydrogens (tertiary/aromatic N) is 2. The van der Waals surface area contributed by atoms with Crippen molar-refractivity contribution in [2.24, 2.45) is 0 Å². The van der Waals surface area contributed by atoms with Crippen molar-refractivity contribution < 1.29 is 23.0 Å². The second kappa shape index (κ2) is 15.2. The summed E-state index contributed by atoms with van der Waals surface area (Å²) in [5, 5.41) is 0. The van der Waals surface area contributed by atoms with Crippen molar-refractivity contribution in [1.29, 1.82) is 0 Å². The number of benzene rings is 1. The molecule has 0 unspecified atom stereocenters. The first-order valence-corrected chi connectivity index (χ1v) is 12.6. The maximum atomic E-state index is 13.7. The van der Waals surface area contributed by atoms with E-state index in [1.54, 1.807) is 7.05 Å². The molecular formula is C26H42F2N2O3. The monoisotopic (exact) mass is 468 g/mol. The number of carbonyl (C=O) groups excluding carboxylic acids is 1. The topological polar surface area (TPSA) is 42.0 Å². The average molecular weight is 469 g/mol. The zero-order valence-electron chi connectivity index (χ0n) is 20.7. The Hall–Kier alpha value is -1.73. The predicted octanol–water partition coefficient (Wildman–Crippen LogP) is 6.41. The molecular weight excluding hydrogens is 426 g/mol. The van der Waals surface area contributed by atoms with Crippen molar-refractivity contribution in [2.45, 2.75) is 89.7 Å². The van der Waals surface area contributed by atoms with E-state index in [1.165, 1.54) is 56.5 Å². The molecule has 0 N–H and O–H groups in total. The molecule has 1 aromatic rings. The Bertz CT molecular complexity index is 696. The van der Waals surface area contributed by atoms with Crippen LogP contribution in [0.5, 0.6) is 5.75 Å². The van der Waals surface area contributed by atoms with Gasteiger partial charge in [0.25, 0.3) is 0 Å². The van der Waals surface area contributed by atoms with Crippen LogP contribution in [0.3, 0.4) is 0 Å². The van der Waals surface area contributed by atoms with Crippen LogP contribution in [-0.4, -0.2) is 61.8 Å². The number of unbranched alkanes of at least 4 members (excludes halogenated alkanes) is 5. The van der Waals surface area contributed by atoms with Gasteiger partial charge in [-0.25, -0.2) is 13.6 Å². The van der Waals surface area contributed by atoms with Crippen molar-refractivity contribution in [3.63, 3.8) is 0 Å². The molecule has 0 radical (unpaired) electrons. The van der Waals surface area contributed by atoms with Crippen LogP contribution in [0.1, 0.15) is 77.6 Å². The lowest BCUT2D eigenvalue weighted by Crippen LogP contribution is -2.42. The van der Waals surface area contributed by atoms with Crippen molar-refractivity contribution in [3.8, 4) is 5.75 Å². The molecule has 0 aliphatic heterocycles. The summed E-state index contributed by atoms with van der Waals surface area (Å²) in [5.41, 5.74) is 0. The standard InChI is InChI=1S/C26H42F2N2O3/c1-4-5-8-17-29(2)18-9-6-7-10-19-32-23-14-12-22(13-15-23)30(3)26(31)33-25-16-11-21(27)20-24(25)28/h11,16,20,22-23H,4-10,12-15,17-19H2,1-3H3. The second-order valence-corrected chi connectivity index (χ2v) is 9.28. The Morgan fingerprint density at radius 3 is 2.30 bits per heavy atom. The molecule has 1 amide bonds. The summed E-state index contributed by atoms with van der Waals surface area (Å²) in [6.45, 7) is 5.42. The molecule has 188 valence electrons. The number of carbonyl (C=O) groups is 1. The van der Waals surface area contributed by atoms with Gasteiger partial charge in [0, 0.05) is 25.8 Å². The predicted molar refractivity (Wildman–Crippen MR) is 128 cm³/mol. The van der Waals surface area contributed by atoms with Gasteiger partial charge in [0.2, 0.25) is 0 Å². The van der Waals surface area contributed by atoms with Gasteiger partial charge in [-0.2, -0.15) is 0 Å². The van der Waals surface area contributed by atoms with Gasteiger partial charge in [0.1, 0.15) is 5.82 Å². The smallest absolute Gasteiger partial charge is 0.407 e. The molecule has 33 heavy (non-hydrogen) atoms. The lowest BCUT2D eigenvalue weighted by Gasteiger charge is -2.34. The average Bonchev–Trinajstić information content (AvgIpc) is 2.80. The molecule has 0 bridgehead atoms. The number of rotatable bonds is 14. The van der Waals surface area contributed by atoms with E-state index in [1.807, 2.05) is 0 Å². The molecule has 0 aromatic heterocycles. The molecule has 2 rings (SSSR count). The Kier molecular flexibility index (Phi) is 12.7. The second-order valence-electron chi connectivity index (χ2n) is 9.28. The zero-order chi connectivity index (χ0) is 24.1. The van der Waals surface area contributed by atoms with Gasteiger partial charge in [-0.3, -0.25) is 0 Å². The van der Waals surface area contributed by atoms with Crippen LogP contribution in [0.25, 0.3) is 0 Å². The molecule has 7 heteroatoms. The summed E-state index contributed by atoms with van der Waals surface area (Å²) < 4.78 is 37.9. The van der Waals surface area contributed by atoms with E-state index >= 15 is 0 Å². The fourth-order valence-electron chi connectivity index (χ4n) is 4.30. The minimum atomic E-state index is -0.882. The summed E-state index contributed by atoms with van der Waals surface area (Å²) in [4.78, 5) is 16.3. The van der Waals surface area contributed by atoms with Gasteiger partial charge in [0.05, 0.1) is 6.10 Å². The quantitative estimate of drug-likeness (QED) is 0.296. The highest BCUT2D eigenvalue weighted by Gasteiger charge is 2.28. The number of halogens is 2. The fraction of sp³-hybridized carbons (Fsp3) is 0.731. The lowest BCUT2D eigenvalue weighted by atomic mass is 9.92. The minimum absolute atomic E-state index is 0.0372. The van der Waals surface area contributed by atoms with Crippen LogP contribution in [-0.2, 0) is 4.74 Å². The van der Waals surface area contributed by atoms with E-state index in [2.05, 4.69) is 18.9 Å². The minimum Gasteiger partial charge on any atom is -0.407 e.